The summed E-state index contributed by atoms with van der Waals surface area (Å²) in [5.41, 5.74) is 0.408. The molecule has 0 aliphatic carbocycles. The van der Waals surface area contributed by atoms with E-state index in [0.717, 1.165) is 10.6 Å². The van der Waals surface area contributed by atoms with Crippen molar-refractivity contribution in [2.24, 2.45) is 0 Å². The van der Waals surface area contributed by atoms with Crippen molar-refractivity contribution in [1.29, 1.82) is 0 Å². The van der Waals surface area contributed by atoms with E-state index in [1.807, 2.05) is 24.3 Å². The van der Waals surface area contributed by atoms with E-state index in [-0.39, 0.29) is 12.5 Å². The lowest BCUT2D eigenvalue weighted by Crippen LogP contribution is -2.52. The molecule has 8 nitrogen and oxygen atoms in total. The summed E-state index contributed by atoms with van der Waals surface area (Å²) >= 11 is 6.08. The van der Waals surface area contributed by atoms with Gasteiger partial charge in [-0.15, -0.1) is 0 Å². The van der Waals surface area contributed by atoms with E-state index >= 15 is 0 Å². The maximum Gasteiger partial charge on any atom is 0.325 e. The zero-order chi connectivity index (χ0) is 22.9. The highest BCUT2D eigenvalue weighted by Gasteiger charge is 2.49. The monoisotopic (exact) mass is 456 g/mol. The van der Waals surface area contributed by atoms with Gasteiger partial charge < -0.3 is 19.9 Å². The second-order valence-corrected chi connectivity index (χ2v) is 8.46. The van der Waals surface area contributed by atoms with Gasteiger partial charge in [0.1, 0.15) is 17.8 Å². The number of amides is 4. The molecule has 0 spiro atoms. The number of piperazine rings is 1. The summed E-state index contributed by atoms with van der Waals surface area (Å²) in [5, 5.41) is 3.40. The fourth-order valence-corrected chi connectivity index (χ4v) is 4.27. The molecule has 2 saturated heterocycles. The standard InChI is InChI=1S/C23H25ClN4O4/c1-23(16-6-8-19(32-2)9-7-16)21(30)28(22(31)25-23)15-20(29)27-12-10-26(11-13-27)18-5-3-4-17(24)14-18/h3-9,14H,10-13,15H2,1-2H3,(H,25,31)/t23-/m1/s1. The normalized spacial score (nSPS) is 21.0. The van der Waals surface area contributed by atoms with Crippen LogP contribution in [0.1, 0.15) is 12.5 Å². The zero-order valence-corrected chi connectivity index (χ0v) is 18.8. The van der Waals surface area contributed by atoms with E-state index in [0.29, 0.717) is 42.5 Å². The fourth-order valence-electron chi connectivity index (χ4n) is 4.08. The summed E-state index contributed by atoms with van der Waals surface area (Å²) < 4.78 is 5.15. The molecule has 2 aliphatic rings. The third-order valence-corrected chi connectivity index (χ3v) is 6.28. The summed E-state index contributed by atoms with van der Waals surface area (Å²) in [7, 11) is 1.56. The lowest BCUT2D eigenvalue weighted by atomic mass is 9.92. The molecule has 4 amide bonds. The lowest BCUT2D eigenvalue weighted by Gasteiger charge is -2.36. The van der Waals surface area contributed by atoms with Crippen molar-refractivity contribution in [2.75, 3.05) is 44.7 Å². The molecule has 1 N–H and O–H groups in total. The van der Waals surface area contributed by atoms with Gasteiger partial charge in [0.2, 0.25) is 5.91 Å². The molecule has 32 heavy (non-hydrogen) atoms. The highest BCUT2D eigenvalue weighted by Crippen LogP contribution is 2.30. The van der Waals surface area contributed by atoms with Crippen LogP contribution in [-0.2, 0) is 15.1 Å². The van der Waals surface area contributed by atoms with E-state index < -0.39 is 17.5 Å². The molecular weight excluding hydrogens is 432 g/mol. The van der Waals surface area contributed by atoms with E-state index in [4.69, 9.17) is 16.3 Å². The van der Waals surface area contributed by atoms with Crippen molar-refractivity contribution >= 4 is 35.1 Å². The van der Waals surface area contributed by atoms with Gasteiger partial charge >= 0.3 is 6.03 Å². The minimum absolute atomic E-state index is 0.252. The number of benzene rings is 2. The topological polar surface area (TPSA) is 82.2 Å². The summed E-state index contributed by atoms with van der Waals surface area (Å²) in [4.78, 5) is 43.4. The average Bonchev–Trinajstić information content (AvgIpc) is 3.03. The van der Waals surface area contributed by atoms with E-state index in [9.17, 15) is 14.4 Å². The Morgan fingerprint density at radius 3 is 2.41 bits per heavy atom. The first-order valence-corrected chi connectivity index (χ1v) is 10.8. The smallest absolute Gasteiger partial charge is 0.325 e. The number of halogens is 1. The van der Waals surface area contributed by atoms with Gasteiger partial charge in [0.15, 0.2) is 0 Å². The summed E-state index contributed by atoms with van der Waals surface area (Å²) in [6.45, 7) is 3.66. The molecule has 0 bridgehead atoms. The van der Waals surface area contributed by atoms with Crippen LogP contribution in [0.2, 0.25) is 5.02 Å². The number of imide groups is 1. The Morgan fingerprint density at radius 1 is 1.09 bits per heavy atom. The van der Waals surface area contributed by atoms with Gasteiger partial charge in [-0.1, -0.05) is 29.8 Å². The molecule has 2 aromatic rings. The number of ether oxygens (including phenoxy) is 1. The number of rotatable bonds is 5. The van der Waals surface area contributed by atoms with Gasteiger partial charge in [-0.25, -0.2) is 4.79 Å². The molecule has 168 valence electrons. The lowest BCUT2D eigenvalue weighted by molar-refractivity contribution is -0.139. The average molecular weight is 457 g/mol. The molecule has 9 heteroatoms. The van der Waals surface area contributed by atoms with Crippen LogP contribution in [0.15, 0.2) is 48.5 Å². The highest BCUT2D eigenvalue weighted by atomic mass is 35.5. The van der Waals surface area contributed by atoms with Gasteiger partial charge in [-0.3, -0.25) is 14.5 Å². The molecule has 2 aliphatic heterocycles. The molecule has 0 aromatic heterocycles. The van der Waals surface area contributed by atoms with Crippen LogP contribution in [0.3, 0.4) is 0 Å². The fraction of sp³-hybridized carbons (Fsp3) is 0.348. The Labute approximate surface area is 191 Å². The van der Waals surface area contributed by atoms with Crippen molar-refractivity contribution in [1.82, 2.24) is 15.1 Å². The Morgan fingerprint density at radius 2 is 1.78 bits per heavy atom. The van der Waals surface area contributed by atoms with Gasteiger partial charge in [-0.05, 0) is 42.8 Å². The molecule has 0 unspecified atom stereocenters. The van der Waals surface area contributed by atoms with Crippen LogP contribution in [0.4, 0.5) is 10.5 Å². The Hall–Kier alpha value is -3.26. The first-order chi connectivity index (χ1) is 15.3. The Bertz CT molecular complexity index is 1040. The van der Waals surface area contributed by atoms with Crippen molar-refractivity contribution in [2.45, 2.75) is 12.5 Å². The largest absolute Gasteiger partial charge is 0.497 e. The minimum atomic E-state index is -1.23. The minimum Gasteiger partial charge on any atom is -0.497 e. The molecular formula is C23H25ClN4O4. The van der Waals surface area contributed by atoms with E-state index in [1.54, 1.807) is 43.2 Å². The zero-order valence-electron chi connectivity index (χ0n) is 18.0. The predicted molar refractivity (Wildman–Crippen MR) is 121 cm³/mol. The molecule has 2 heterocycles. The third-order valence-electron chi connectivity index (χ3n) is 6.04. The molecule has 2 fully saturated rings. The molecule has 2 aromatic carbocycles. The second-order valence-electron chi connectivity index (χ2n) is 8.02. The second kappa shape index (κ2) is 8.70. The molecule has 0 saturated carbocycles. The van der Waals surface area contributed by atoms with Crippen molar-refractivity contribution in [3.8, 4) is 5.75 Å². The number of carbonyl (C=O) groups excluding carboxylic acids is 3. The van der Waals surface area contributed by atoms with Crippen molar-refractivity contribution < 1.29 is 19.1 Å². The quantitative estimate of drug-likeness (QED) is 0.699. The van der Waals surface area contributed by atoms with E-state index in [1.165, 1.54) is 0 Å². The number of nitrogens with one attached hydrogen (secondary N) is 1. The Kier molecular flexibility index (Phi) is 5.97. The first kappa shape index (κ1) is 22.0. The van der Waals surface area contributed by atoms with Gasteiger partial charge in [0.05, 0.1) is 7.11 Å². The number of methoxy groups -OCH3 is 1. The van der Waals surface area contributed by atoms with Crippen LogP contribution in [-0.4, -0.2) is 67.5 Å². The van der Waals surface area contributed by atoms with Crippen LogP contribution < -0.4 is 15.0 Å². The van der Waals surface area contributed by atoms with Gasteiger partial charge in [0, 0.05) is 36.9 Å². The number of hydrogen-bond donors (Lipinski definition) is 1. The highest BCUT2D eigenvalue weighted by molar-refractivity contribution is 6.30. The number of nitrogens with zero attached hydrogens (tertiary/aromatic N) is 3. The van der Waals surface area contributed by atoms with E-state index in [2.05, 4.69) is 10.2 Å². The maximum absolute atomic E-state index is 13.1. The van der Waals surface area contributed by atoms with Crippen LogP contribution in [0.25, 0.3) is 0 Å². The molecule has 4 rings (SSSR count). The number of carbonyl (C=O) groups is 3. The van der Waals surface area contributed by atoms with Crippen molar-refractivity contribution in [3.05, 3.63) is 59.1 Å². The number of anilines is 1. The van der Waals surface area contributed by atoms with Gasteiger partial charge in [-0.2, -0.15) is 0 Å². The number of urea groups is 1. The predicted octanol–water partition coefficient (Wildman–Crippen LogP) is 2.46. The summed E-state index contributed by atoms with van der Waals surface area (Å²) in [5.74, 6) is -0.0464. The van der Waals surface area contributed by atoms with Crippen LogP contribution >= 0.6 is 11.6 Å². The molecule has 0 radical (unpaired) electrons. The van der Waals surface area contributed by atoms with Gasteiger partial charge in [0.25, 0.3) is 5.91 Å². The Balaban J connectivity index is 1.39. The van der Waals surface area contributed by atoms with Crippen LogP contribution in [0.5, 0.6) is 5.75 Å². The molecule has 1 atom stereocenters. The van der Waals surface area contributed by atoms with Crippen LogP contribution in [0, 0.1) is 0 Å². The number of hydrogen-bond acceptors (Lipinski definition) is 5. The van der Waals surface area contributed by atoms with Crippen molar-refractivity contribution in [3.63, 3.8) is 0 Å². The first-order valence-electron chi connectivity index (χ1n) is 10.4. The SMILES string of the molecule is COc1ccc([C@@]2(C)NC(=O)N(CC(=O)N3CCN(c4cccc(Cl)c4)CC3)C2=O)cc1. The maximum atomic E-state index is 13.1. The summed E-state index contributed by atoms with van der Waals surface area (Å²) in [6.07, 6.45) is 0. The third kappa shape index (κ3) is 4.10. The summed E-state index contributed by atoms with van der Waals surface area (Å²) in [6, 6.07) is 14.0.